The number of carbonyl (C=O) groups excluding carboxylic acids is 1. The molecule has 1 aliphatic rings. The van der Waals surface area contributed by atoms with E-state index in [-0.39, 0.29) is 41.7 Å². The standard InChI is InChI=1S/C21H28FN3O5S/c1-13-12-25(9-8-18(13)26)31(28,29)20-10-17(24(3)14(20)2)21(27)23-11-15-16(22)6-5-7-19(15)30-4/h5-7,10,13,18,26H,8-9,11-12H2,1-4H3,(H,23,27)/t13-,18-/m0/s1. The van der Waals surface area contributed by atoms with Crippen LogP contribution < -0.4 is 10.1 Å². The Morgan fingerprint density at radius 2 is 2.10 bits per heavy atom. The fourth-order valence-electron chi connectivity index (χ4n) is 3.76. The molecule has 2 N–H and O–H groups in total. The number of carbonyl (C=O) groups is 1. The number of sulfonamides is 1. The highest BCUT2D eigenvalue weighted by Crippen LogP contribution is 2.28. The number of ether oxygens (including phenoxy) is 1. The summed E-state index contributed by atoms with van der Waals surface area (Å²) < 4.78 is 48.5. The fraction of sp³-hybridized carbons (Fsp3) is 0.476. The number of hydrogen-bond acceptors (Lipinski definition) is 5. The molecule has 31 heavy (non-hydrogen) atoms. The number of rotatable bonds is 6. The summed E-state index contributed by atoms with van der Waals surface area (Å²) in [4.78, 5) is 12.8. The minimum atomic E-state index is -3.83. The molecule has 3 rings (SSSR count). The number of aromatic nitrogens is 1. The number of amides is 1. The summed E-state index contributed by atoms with van der Waals surface area (Å²) in [5.41, 5.74) is 0.779. The maximum atomic E-state index is 14.1. The Morgan fingerprint density at radius 1 is 1.39 bits per heavy atom. The van der Waals surface area contributed by atoms with Crippen LogP contribution in [0.2, 0.25) is 0 Å². The van der Waals surface area contributed by atoms with E-state index in [2.05, 4.69) is 5.32 Å². The molecule has 170 valence electrons. The van der Waals surface area contributed by atoms with Gasteiger partial charge in [0.05, 0.1) is 13.2 Å². The minimum Gasteiger partial charge on any atom is -0.496 e. The second-order valence-corrected chi connectivity index (χ2v) is 9.74. The van der Waals surface area contributed by atoms with E-state index in [1.54, 1.807) is 27.0 Å². The van der Waals surface area contributed by atoms with Gasteiger partial charge in [-0.2, -0.15) is 4.31 Å². The first kappa shape index (κ1) is 23.2. The lowest BCUT2D eigenvalue weighted by atomic mass is 9.99. The summed E-state index contributed by atoms with van der Waals surface area (Å²) in [6.45, 7) is 3.76. The van der Waals surface area contributed by atoms with Gasteiger partial charge in [0.15, 0.2) is 0 Å². The van der Waals surface area contributed by atoms with Crippen molar-refractivity contribution in [2.24, 2.45) is 13.0 Å². The van der Waals surface area contributed by atoms with Crippen LogP contribution >= 0.6 is 0 Å². The van der Waals surface area contributed by atoms with E-state index in [4.69, 9.17) is 4.74 Å². The zero-order valence-electron chi connectivity index (χ0n) is 18.1. The summed E-state index contributed by atoms with van der Waals surface area (Å²) in [5, 5.41) is 12.5. The molecule has 0 bridgehead atoms. The van der Waals surface area contributed by atoms with Crippen molar-refractivity contribution in [2.45, 2.75) is 37.8 Å². The van der Waals surface area contributed by atoms with Crippen LogP contribution in [0.15, 0.2) is 29.2 Å². The lowest BCUT2D eigenvalue weighted by molar-refractivity contribution is 0.0628. The first-order valence-corrected chi connectivity index (χ1v) is 11.5. The quantitative estimate of drug-likeness (QED) is 0.695. The third-order valence-electron chi connectivity index (χ3n) is 5.88. The monoisotopic (exact) mass is 453 g/mol. The smallest absolute Gasteiger partial charge is 0.268 e. The third kappa shape index (κ3) is 4.46. The van der Waals surface area contributed by atoms with Crippen molar-refractivity contribution in [2.75, 3.05) is 20.2 Å². The lowest BCUT2D eigenvalue weighted by Gasteiger charge is -2.33. The third-order valence-corrected chi connectivity index (χ3v) is 7.86. The Hall–Kier alpha value is -2.43. The second-order valence-electron chi connectivity index (χ2n) is 7.84. The molecular formula is C21H28FN3O5S. The molecule has 10 heteroatoms. The van der Waals surface area contributed by atoms with Crippen LogP contribution in [0.3, 0.4) is 0 Å². The number of halogens is 1. The van der Waals surface area contributed by atoms with Crippen molar-refractivity contribution < 1.29 is 27.4 Å². The highest BCUT2D eigenvalue weighted by molar-refractivity contribution is 7.89. The summed E-state index contributed by atoms with van der Waals surface area (Å²) in [5.74, 6) is -0.897. The van der Waals surface area contributed by atoms with Crippen LogP contribution in [0.4, 0.5) is 4.39 Å². The van der Waals surface area contributed by atoms with Gasteiger partial charge in [-0.1, -0.05) is 13.0 Å². The van der Waals surface area contributed by atoms with Gasteiger partial charge in [-0.15, -0.1) is 0 Å². The Balaban J connectivity index is 1.83. The maximum absolute atomic E-state index is 14.1. The molecule has 0 aliphatic carbocycles. The molecule has 1 fully saturated rings. The van der Waals surface area contributed by atoms with Gasteiger partial charge in [-0.3, -0.25) is 4.79 Å². The van der Waals surface area contributed by atoms with E-state index in [9.17, 15) is 22.7 Å². The summed E-state index contributed by atoms with van der Waals surface area (Å²) >= 11 is 0. The van der Waals surface area contributed by atoms with Crippen molar-refractivity contribution in [3.8, 4) is 5.75 Å². The maximum Gasteiger partial charge on any atom is 0.268 e. The normalized spacial score (nSPS) is 19.9. The number of piperidine rings is 1. The molecule has 0 unspecified atom stereocenters. The van der Waals surface area contributed by atoms with E-state index in [1.807, 2.05) is 0 Å². The van der Waals surface area contributed by atoms with E-state index in [0.717, 1.165) is 0 Å². The van der Waals surface area contributed by atoms with Crippen LogP contribution in [0.25, 0.3) is 0 Å². The average molecular weight is 454 g/mol. The van der Waals surface area contributed by atoms with E-state index in [1.165, 1.54) is 34.2 Å². The molecule has 1 saturated heterocycles. The Kier molecular flexibility index (Phi) is 6.73. The van der Waals surface area contributed by atoms with E-state index < -0.39 is 27.9 Å². The summed E-state index contributed by atoms with van der Waals surface area (Å²) in [6.07, 6.45) is -0.163. The molecule has 1 aromatic heterocycles. The highest BCUT2D eigenvalue weighted by Gasteiger charge is 2.35. The van der Waals surface area contributed by atoms with Crippen LogP contribution in [-0.4, -0.2) is 54.6 Å². The topological polar surface area (TPSA) is 101 Å². The van der Waals surface area contributed by atoms with Gasteiger partial charge in [0.25, 0.3) is 5.91 Å². The molecule has 2 atom stereocenters. The molecule has 0 radical (unpaired) electrons. The lowest BCUT2D eigenvalue weighted by Crippen LogP contribution is -2.44. The number of benzene rings is 1. The first-order valence-electron chi connectivity index (χ1n) is 10.0. The summed E-state index contributed by atoms with van der Waals surface area (Å²) in [7, 11) is -0.806. The molecule has 1 aliphatic heterocycles. The van der Waals surface area contributed by atoms with Gasteiger partial charge >= 0.3 is 0 Å². The van der Waals surface area contributed by atoms with Crippen molar-refractivity contribution in [3.05, 3.63) is 47.0 Å². The van der Waals surface area contributed by atoms with Crippen molar-refractivity contribution in [1.82, 2.24) is 14.2 Å². The average Bonchev–Trinajstić information content (AvgIpc) is 3.04. The molecule has 0 saturated carbocycles. The minimum absolute atomic E-state index is 0.0483. The Labute approximate surface area is 181 Å². The van der Waals surface area contributed by atoms with Crippen LogP contribution in [0.5, 0.6) is 5.75 Å². The molecule has 0 spiro atoms. The number of hydrogen-bond donors (Lipinski definition) is 2. The summed E-state index contributed by atoms with van der Waals surface area (Å²) in [6, 6.07) is 5.72. The zero-order valence-corrected chi connectivity index (χ0v) is 18.9. The number of aliphatic hydroxyl groups excluding tert-OH is 1. The molecule has 1 aromatic carbocycles. The van der Waals surface area contributed by atoms with Crippen LogP contribution in [-0.2, 0) is 23.6 Å². The number of nitrogens with one attached hydrogen (secondary N) is 1. The Morgan fingerprint density at radius 3 is 2.74 bits per heavy atom. The highest BCUT2D eigenvalue weighted by atomic mass is 32.2. The number of methoxy groups -OCH3 is 1. The molecule has 1 amide bonds. The predicted molar refractivity (Wildman–Crippen MR) is 113 cm³/mol. The number of aliphatic hydroxyl groups is 1. The van der Waals surface area contributed by atoms with Crippen LogP contribution in [0.1, 0.15) is 35.1 Å². The first-order chi connectivity index (χ1) is 14.6. The SMILES string of the molecule is COc1cccc(F)c1CNC(=O)c1cc(S(=O)(=O)N2CC[C@H](O)[C@@H](C)C2)c(C)n1C. The van der Waals surface area contributed by atoms with Gasteiger partial charge in [-0.05, 0) is 37.5 Å². The van der Waals surface area contributed by atoms with E-state index >= 15 is 0 Å². The molecule has 2 aromatic rings. The molecule has 8 nitrogen and oxygen atoms in total. The van der Waals surface area contributed by atoms with Crippen LogP contribution in [0, 0.1) is 18.7 Å². The van der Waals surface area contributed by atoms with Gasteiger partial charge in [0, 0.05) is 37.9 Å². The molecule has 2 heterocycles. The number of nitrogens with zero attached hydrogens (tertiary/aromatic N) is 2. The van der Waals surface area contributed by atoms with Gasteiger partial charge in [0.2, 0.25) is 10.0 Å². The van der Waals surface area contributed by atoms with E-state index in [0.29, 0.717) is 17.9 Å². The second kappa shape index (κ2) is 8.97. The van der Waals surface area contributed by atoms with Gasteiger partial charge in [-0.25, -0.2) is 12.8 Å². The largest absolute Gasteiger partial charge is 0.496 e. The molecular weight excluding hydrogens is 425 g/mol. The fourth-order valence-corrected chi connectivity index (χ4v) is 5.59. The zero-order chi connectivity index (χ0) is 22.9. The Bertz CT molecular complexity index is 1080. The van der Waals surface area contributed by atoms with Crippen molar-refractivity contribution in [3.63, 3.8) is 0 Å². The van der Waals surface area contributed by atoms with Crippen molar-refractivity contribution >= 4 is 15.9 Å². The van der Waals surface area contributed by atoms with Gasteiger partial charge in [0.1, 0.15) is 22.2 Å². The van der Waals surface area contributed by atoms with Gasteiger partial charge < -0.3 is 19.7 Å². The van der Waals surface area contributed by atoms with Crippen molar-refractivity contribution in [1.29, 1.82) is 0 Å². The predicted octanol–water partition coefficient (Wildman–Crippen LogP) is 1.80.